The third kappa shape index (κ3) is 4.06. The third-order valence-corrected chi connectivity index (χ3v) is 5.89. The zero-order valence-electron chi connectivity index (χ0n) is 16.9. The van der Waals surface area contributed by atoms with Crippen molar-refractivity contribution >= 4 is 35.0 Å². The number of aromatic carboxylic acids is 1. The molecule has 32 heavy (non-hydrogen) atoms. The summed E-state index contributed by atoms with van der Waals surface area (Å²) in [5, 5.41) is 17.9. The molecular formula is C24H16N2O5S. The quantitative estimate of drug-likeness (QED) is 0.547. The van der Waals surface area contributed by atoms with Crippen molar-refractivity contribution in [2.45, 2.75) is 13.5 Å². The molecule has 1 aliphatic rings. The number of carbonyl (C=O) groups excluding carboxylic acids is 2. The van der Waals surface area contributed by atoms with Crippen molar-refractivity contribution in [2.75, 3.05) is 0 Å². The number of hydrogen-bond acceptors (Lipinski definition) is 6. The van der Waals surface area contributed by atoms with E-state index in [9.17, 15) is 19.6 Å². The van der Waals surface area contributed by atoms with Gasteiger partial charge in [0.15, 0.2) is 0 Å². The molecule has 7 nitrogen and oxygen atoms in total. The van der Waals surface area contributed by atoms with Crippen LogP contribution in [0, 0.1) is 18.3 Å². The molecule has 1 fully saturated rings. The predicted molar refractivity (Wildman–Crippen MR) is 119 cm³/mol. The molecule has 2 aromatic carbocycles. The second-order valence-electron chi connectivity index (χ2n) is 7.07. The van der Waals surface area contributed by atoms with E-state index < -0.39 is 17.1 Å². The van der Waals surface area contributed by atoms with E-state index in [0.717, 1.165) is 27.8 Å². The Labute approximate surface area is 187 Å². The lowest BCUT2D eigenvalue weighted by Crippen LogP contribution is -2.27. The molecule has 0 bridgehead atoms. The van der Waals surface area contributed by atoms with Gasteiger partial charge in [0.05, 0.1) is 28.6 Å². The number of imide groups is 1. The van der Waals surface area contributed by atoms with Crippen LogP contribution in [0.5, 0.6) is 0 Å². The number of amides is 2. The fourth-order valence-electron chi connectivity index (χ4n) is 3.35. The number of hydrogen-bond donors (Lipinski definition) is 1. The molecule has 1 saturated heterocycles. The summed E-state index contributed by atoms with van der Waals surface area (Å²) in [6.45, 7) is 1.80. The van der Waals surface area contributed by atoms with E-state index in [1.807, 2.05) is 0 Å². The number of carbonyl (C=O) groups is 3. The minimum atomic E-state index is -1.01. The normalized spacial score (nSPS) is 14.8. The molecule has 4 rings (SSSR count). The van der Waals surface area contributed by atoms with E-state index in [0.29, 0.717) is 22.6 Å². The number of nitrogens with zero attached hydrogens (tertiary/aromatic N) is 2. The van der Waals surface area contributed by atoms with Crippen molar-refractivity contribution in [3.63, 3.8) is 0 Å². The number of rotatable bonds is 5. The first kappa shape index (κ1) is 21.2. The molecule has 2 amide bonds. The molecule has 3 aromatic rings. The topological polar surface area (TPSA) is 112 Å². The van der Waals surface area contributed by atoms with Crippen molar-refractivity contribution in [3.8, 4) is 17.4 Å². The largest absolute Gasteiger partial charge is 0.478 e. The van der Waals surface area contributed by atoms with Crippen LogP contribution in [-0.2, 0) is 11.3 Å². The van der Waals surface area contributed by atoms with Crippen molar-refractivity contribution in [3.05, 3.63) is 87.5 Å². The molecule has 0 atom stereocenters. The standard InChI is InChI=1S/C24H16N2O5S/c1-14-10-15(23(28)29)6-8-19(14)20-9-7-18(31-20)11-21-22(27)26(24(30)32-21)13-17-5-3-2-4-16(17)12-25/h2-11H,13H2,1H3,(H,28,29)/b21-11-. The van der Waals surface area contributed by atoms with Gasteiger partial charge in [-0.3, -0.25) is 14.5 Å². The van der Waals surface area contributed by atoms with Crippen LogP contribution in [0.1, 0.15) is 32.8 Å². The molecule has 0 unspecified atom stereocenters. The van der Waals surface area contributed by atoms with Gasteiger partial charge in [-0.2, -0.15) is 5.26 Å². The molecule has 0 radical (unpaired) electrons. The van der Waals surface area contributed by atoms with E-state index in [1.165, 1.54) is 12.1 Å². The van der Waals surface area contributed by atoms with Crippen LogP contribution in [0.2, 0.25) is 0 Å². The number of nitriles is 1. The smallest absolute Gasteiger partial charge is 0.335 e. The van der Waals surface area contributed by atoms with E-state index in [-0.39, 0.29) is 17.0 Å². The molecule has 0 aliphatic carbocycles. The first-order valence-electron chi connectivity index (χ1n) is 9.55. The van der Waals surface area contributed by atoms with Gasteiger partial charge in [0.25, 0.3) is 11.1 Å². The summed E-state index contributed by atoms with van der Waals surface area (Å²) in [5.74, 6) is -0.543. The number of thioether (sulfide) groups is 1. The molecule has 2 heterocycles. The van der Waals surface area contributed by atoms with Crippen LogP contribution in [0.25, 0.3) is 17.4 Å². The number of carboxylic acid groups (broad SMARTS) is 1. The van der Waals surface area contributed by atoms with Crippen LogP contribution in [-0.4, -0.2) is 27.1 Å². The second-order valence-corrected chi connectivity index (χ2v) is 8.07. The second kappa shape index (κ2) is 8.57. The first-order valence-corrected chi connectivity index (χ1v) is 10.4. The zero-order chi connectivity index (χ0) is 22.8. The highest BCUT2D eigenvalue weighted by molar-refractivity contribution is 8.18. The molecule has 0 spiro atoms. The van der Waals surface area contributed by atoms with Gasteiger partial charge in [-0.25, -0.2) is 4.79 Å². The van der Waals surface area contributed by atoms with Crippen LogP contribution in [0.15, 0.2) is 63.9 Å². The first-order chi connectivity index (χ1) is 15.4. The molecule has 0 saturated carbocycles. The van der Waals surface area contributed by atoms with Crippen LogP contribution < -0.4 is 0 Å². The lowest BCUT2D eigenvalue weighted by atomic mass is 10.0. The van der Waals surface area contributed by atoms with E-state index in [4.69, 9.17) is 9.52 Å². The summed E-state index contributed by atoms with van der Waals surface area (Å²) in [6.07, 6.45) is 1.51. The van der Waals surface area contributed by atoms with Gasteiger partial charge >= 0.3 is 5.97 Å². The molecule has 158 valence electrons. The number of aryl methyl sites for hydroxylation is 1. The molecule has 1 aromatic heterocycles. The fraction of sp³-hybridized carbons (Fsp3) is 0.0833. The van der Waals surface area contributed by atoms with Gasteiger partial charge in [0, 0.05) is 11.6 Å². The molecule has 1 N–H and O–H groups in total. The third-order valence-electron chi connectivity index (χ3n) is 4.98. The zero-order valence-corrected chi connectivity index (χ0v) is 17.7. The highest BCUT2D eigenvalue weighted by atomic mass is 32.2. The Hall–Kier alpha value is -4.09. The molecular weight excluding hydrogens is 428 g/mol. The van der Waals surface area contributed by atoms with Gasteiger partial charge in [-0.15, -0.1) is 0 Å². The van der Waals surface area contributed by atoms with Gasteiger partial charge in [-0.05, 0) is 60.1 Å². The Morgan fingerprint density at radius 2 is 1.97 bits per heavy atom. The van der Waals surface area contributed by atoms with Crippen LogP contribution in [0.3, 0.4) is 0 Å². The van der Waals surface area contributed by atoms with Gasteiger partial charge in [0.2, 0.25) is 0 Å². The lowest BCUT2D eigenvalue weighted by molar-refractivity contribution is -0.123. The van der Waals surface area contributed by atoms with E-state index in [1.54, 1.807) is 55.5 Å². The number of furan rings is 1. The minimum absolute atomic E-state index is 0.0181. The monoisotopic (exact) mass is 444 g/mol. The summed E-state index contributed by atoms with van der Waals surface area (Å²) >= 11 is 0.813. The Morgan fingerprint density at radius 1 is 1.19 bits per heavy atom. The van der Waals surface area contributed by atoms with Crippen LogP contribution in [0.4, 0.5) is 4.79 Å². The maximum absolute atomic E-state index is 12.8. The summed E-state index contributed by atoms with van der Waals surface area (Å²) in [6, 6.07) is 17.0. The van der Waals surface area contributed by atoms with Crippen molar-refractivity contribution in [1.82, 2.24) is 4.90 Å². The van der Waals surface area contributed by atoms with Crippen molar-refractivity contribution in [2.24, 2.45) is 0 Å². The summed E-state index contributed by atoms with van der Waals surface area (Å²) < 4.78 is 5.82. The summed E-state index contributed by atoms with van der Waals surface area (Å²) in [4.78, 5) is 37.7. The Kier molecular flexibility index (Phi) is 5.67. The Bertz CT molecular complexity index is 1330. The van der Waals surface area contributed by atoms with Crippen LogP contribution >= 0.6 is 11.8 Å². The number of benzene rings is 2. The average Bonchev–Trinajstić information content (AvgIpc) is 3.34. The van der Waals surface area contributed by atoms with E-state index >= 15 is 0 Å². The number of carboxylic acids is 1. The van der Waals surface area contributed by atoms with Gasteiger partial charge in [0.1, 0.15) is 11.5 Å². The minimum Gasteiger partial charge on any atom is -0.478 e. The Balaban J connectivity index is 1.56. The highest BCUT2D eigenvalue weighted by Gasteiger charge is 2.35. The highest BCUT2D eigenvalue weighted by Crippen LogP contribution is 2.35. The maximum Gasteiger partial charge on any atom is 0.335 e. The maximum atomic E-state index is 12.8. The van der Waals surface area contributed by atoms with E-state index in [2.05, 4.69) is 6.07 Å². The van der Waals surface area contributed by atoms with Gasteiger partial charge < -0.3 is 9.52 Å². The van der Waals surface area contributed by atoms with Crippen molar-refractivity contribution in [1.29, 1.82) is 5.26 Å². The Morgan fingerprint density at radius 3 is 2.69 bits per heavy atom. The molecule has 8 heteroatoms. The fourth-order valence-corrected chi connectivity index (χ4v) is 4.17. The SMILES string of the molecule is Cc1cc(C(=O)O)ccc1-c1ccc(/C=C2\SC(=O)N(Cc3ccccc3C#N)C2=O)o1. The molecule has 1 aliphatic heterocycles. The average molecular weight is 444 g/mol. The van der Waals surface area contributed by atoms with Gasteiger partial charge in [-0.1, -0.05) is 24.3 Å². The summed E-state index contributed by atoms with van der Waals surface area (Å²) in [5.41, 5.74) is 2.66. The van der Waals surface area contributed by atoms with Crippen molar-refractivity contribution < 1.29 is 23.9 Å². The summed E-state index contributed by atoms with van der Waals surface area (Å²) in [7, 11) is 0. The lowest BCUT2D eigenvalue weighted by Gasteiger charge is -2.13. The predicted octanol–water partition coefficient (Wildman–Crippen LogP) is 5.06.